The predicted molar refractivity (Wildman–Crippen MR) is 111 cm³/mol. The van der Waals surface area contributed by atoms with Crippen molar-refractivity contribution in [3.63, 3.8) is 0 Å². The number of nitrogens with one attached hydrogen (secondary N) is 2. The largest absolute Gasteiger partial charge is 0.366 e. The lowest BCUT2D eigenvalue weighted by molar-refractivity contribution is -0.116. The van der Waals surface area contributed by atoms with E-state index >= 15 is 0 Å². The molecule has 3 amide bonds. The van der Waals surface area contributed by atoms with Crippen LogP contribution in [0.15, 0.2) is 42.5 Å². The third-order valence-electron chi connectivity index (χ3n) is 4.17. The molecule has 0 saturated heterocycles. The molecule has 0 aliphatic heterocycles. The molecule has 0 unspecified atom stereocenters. The number of primary amides is 1. The van der Waals surface area contributed by atoms with E-state index in [9.17, 15) is 14.4 Å². The lowest BCUT2D eigenvalue weighted by Crippen LogP contribution is -2.27. The smallest absolute Gasteiger partial charge is 0.251 e. The lowest BCUT2D eigenvalue weighted by Gasteiger charge is -2.19. The minimum Gasteiger partial charge on any atom is -0.366 e. The van der Waals surface area contributed by atoms with Gasteiger partial charge in [-0.05, 0) is 41.3 Å². The Kier molecular flexibility index (Phi) is 6.80. The van der Waals surface area contributed by atoms with Crippen molar-refractivity contribution in [2.24, 2.45) is 5.73 Å². The van der Waals surface area contributed by atoms with Gasteiger partial charge in [0.25, 0.3) is 5.91 Å². The molecule has 0 aliphatic rings. The normalized spacial score (nSPS) is 11.0. The van der Waals surface area contributed by atoms with E-state index in [1.807, 2.05) is 12.1 Å². The first-order valence-electron chi connectivity index (χ1n) is 8.86. The van der Waals surface area contributed by atoms with Crippen molar-refractivity contribution in [2.45, 2.75) is 32.6 Å². The van der Waals surface area contributed by atoms with E-state index in [1.54, 1.807) is 18.2 Å². The van der Waals surface area contributed by atoms with Crippen LogP contribution in [0.5, 0.6) is 0 Å². The summed E-state index contributed by atoms with van der Waals surface area (Å²) in [4.78, 5) is 35.4. The molecule has 28 heavy (non-hydrogen) atoms. The SMILES string of the molecule is CC(C)(C)c1ccc(C(=O)NCCC(=O)Nc2ccc(C(N)=O)c(Cl)c2)cc1. The molecule has 0 aromatic heterocycles. The molecule has 0 saturated carbocycles. The molecule has 7 heteroatoms. The van der Waals surface area contributed by atoms with Crippen molar-refractivity contribution in [3.8, 4) is 0 Å². The van der Waals surface area contributed by atoms with E-state index in [4.69, 9.17) is 17.3 Å². The van der Waals surface area contributed by atoms with E-state index in [1.165, 1.54) is 12.1 Å². The Labute approximate surface area is 169 Å². The molecule has 0 bridgehead atoms. The van der Waals surface area contributed by atoms with Crippen LogP contribution in [-0.4, -0.2) is 24.3 Å². The van der Waals surface area contributed by atoms with E-state index in [0.717, 1.165) is 5.56 Å². The first-order valence-corrected chi connectivity index (χ1v) is 9.23. The molecule has 6 nitrogen and oxygen atoms in total. The molecule has 0 radical (unpaired) electrons. The van der Waals surface area contributed by atoms with E-state index < -0.39 is 5.91 Å². The van der Waals surface area contributed by atoms with Crippen LogP contribution in [0.2, 0.25) is 5.02 Å². The molecular weight excluding hydrogens is 378 g/mol. The van der Waals surface area contributed by atoms with Crippen LogP contribution in [0.3, 0.4) is 0 Å². The minimum absolute atomic E-state index is 0.0195. The third kappa shape index (κ3) is 5.82. The number of carbonyl (C=O) groups is 3. The second kappa shape index (κ2) is 8.89. The zero-order valence-corrected chi connectivity index (χ0v) is 16.9. The van der Waals surface area contributed by atoms with Crippen LogP contribution in [0.1, 0.15) is 53.5 Å². The first kappa shape index (κ1) is 21.4. The van der Waals surface area contributed by atoms with Crippen molar-refractivity contribution < 1.29 is 14.4 Å². The first-order chi connectivity index (χ1) is 13.1. The highest BCUT2D eigenvalue weighted by molar-refractivity contribution is 6.34. The zero-order chi connectivity index (χ0) is 20.9. The van der Waals surface area contributed by atoms with Crippen LogP contribution >= 0.6 is 11.6 Å². The summed E-state index contributed by atoms with van der Waals surface area (Å²) in [5, 5.41) is 5.55. The van der Waals surface area contributed by atoms with Gasteiger partial charge in [0, 0.05) is 24.2 Å². The number of carbonyl (C=O) groups excluding carboxylic acids is 3. The quantitative estimate of drug-likeness (QED) is 0.690. The number of benzene rings is 2. The summed E-state index contributed by atoms with van der Waals surface area (Å²) in [6.45, 7) is 6.51. The fraction of sp³-hybridized carbons (Fsp3) is 0.286. The van der Waals surface area contributed by atoms with Gasteiger partial charge in [0.1, 0.15) is 0 Å². The molecule has 0 heterocycles. The Morgan fingerprint density at radius 1 is 1.04 bits per heavy atom. The average molecular weight is 402 g/mol. The zero-order valence-electron chi connectivity index (χ0n) is 16.1. The molecule has 2 aromatic carbocycles. The second-order valence-corrected chi connectivity index (χ2v) is 7.85. The molecule has 0 atom stereocenters. The van der Waals surface area contributed by atoms with E-state index in [2.05, 4.69) is 31.4 Å². The van der Waals surface area contributed by atoms with Crippen LogP contribution in [0, 0.1) is 0 Å². The van der Waals surface area contributed by atoms with Gasteiger partial charge in [-0.15, -0.1) is 0 Å². The summed E-state index contributed by atoms with van der Waals surface area (Å²) >= 11 is 5.95. The Balaban J connectivity index is 1.84. The average Bonchev–Trinajstić information content (AvgIpc) is 2.60. The minimum atomic E-state index is -0.638. The summed E-state index contributed by atoms with van der Waals surface area (Å²) < 4.78 is 0. The van der Waals surface area contributed by atoms with Crippen molar-refractivity contribution in [2.75, 3.05) is 11.9 Å². The highest BCUT2D eigenvalue weighted by Crippen LogP contribution is 2.22. The van der Waals surface area contributed by atoms with Gasteiger partial charge in [0.15, 0.2) is 0 Å². The summed E-state index contributed by atoms with van der Waals surface area (Å²) in [6, 6.07) is 11.9. The van der Waals surface area contributed by atoms with Crippen LogP contribution in [0.25, 0.3) is 0 Å². The number of nitrogens with two attached hydrogens (primary N) is 1. The maximum atomic E-state index is 12.2. The van der Waals surface area contributed by atoms with E-state index in [-0.39, 0.29) is 40.8 Å². The molecule has 2 aromatic rings. The molecule has 148 valence electrons. The summed E-state index contributed by atoms with van der Waals surface area (Å²) in [6.07, 6.45) is 0.0982. The highest BCUT2D eigenvalue weighted by Gasteiger charge is 2.14. The molecule has 0 spiro atoms. The van der Waals surface area contributed by atoms with Crippen molar-refractivity contribution in [1.82, 2.24) is 5.32 Å². The summed E-state index contributed by atoms with van der Waals surface area (Å²) in [5.74, 6) is -1.16. The molecular formula is C21H24ClN3O3. The standard InChI is InChI=1S/C21H24ClN3O3/c1-21(2,3)14-6-4-13(5-7-14)20(28)24-11-10-18(26)25-15-8-9-16(19(23)27)17(22)12-15/h4-9,12H,10-11H2,1-3H3,(H2,23,27)(H,24,28)(H,25,26). The highest BCUT2D eigenvalue weighted by atomic mass is 35.5. The Morgan fingerprint density at radius 3 is 2.21 bits per heavy atom. The van der Waals surface area contributed by atoms with Crippen LogP contribution < -0.4 is 16.4 Å². The summed E-state index contributed by atoms with van der Waals surface area (Å²) in [7, 11) is 0. The Bertz CT molecular complexity index is 887. The fourth-order valence-corrected chi connectivity index (χ4v) is 2.80. The van der Waals surface area contributed by atoms with Gasteiger partial charge in [-0.1, -0.05) is 44.5 Å². The van der Waals surface area contributed by atoms with E-state index in [0.29, 0.717) is 11.3 Å². The molecule has 2 rings (SSSR count). The molecule has 0 aliphatic carbocycles. The van der Waals surface area contributed by atoms with Crippen molar-refractivity contribution >= 4 is 35.0 Å². The number of hydrogen-bond acceptors (Lipinski definition) is 3. The molecule has 4 N–H and O–H groups in total. The van der Waals surface area contributed by atoms with Crippen molar-refractivity contribution in [3.05, 3.63) is 64.2 Å². The number of hydrogen-bond donors (Lipinski definition) is 3. The van der Waals surface area contributed by atoms with Gasteiger partial charge in [0.2, 0.25) is 11.8 Å². The number of halogens is 1. The van der Waals surface area contributed by atoms with Gasteiger partial charge in [-0.25, -0.2) is 0 Å². The fourth-order valence-electron chi connectivity index (χ4n) is 2.53. The maximum absolute atomic E-state index is 12.2. The van der Waals surface area contributed by atoms with Gasteiger partial charge >= 0.3 is 0 Å². The summed E-state index contributed by atoms with van der Waals surface area (Å²) in [5.41, 5.74) is 7.53. The molecule has 0 fully saturated rings. The monoisotopic (exact) mass is 401 g/mol. The Morgan fingerprint density at radius 2 is 1.68 bits per heavy atom. The van der Waals surface area contributed by atoms with Gasteiger partial charge in [-0.3, -0.25) is 14.4 Å². The number of anilines is 1. The maximum Gasteiger partial charge on any atom is 0.251 e. The van der Waals surface area contributed by atoms with Crippen molar-refractivity contribution in [1.29, 1.82) is 0 Å². The number of amides is 3. The van der Waals surface area contributed by atoms with Crippen LogP contribution in [-0.2, 0) is 10.2 Å². The van der Waals surface area contributed by atoms with Gasteiger partial charge in [-0.2, -0.15) is 0 Å². The third-order valence-corrected chi connectivity index (χ3v) is 4.48. The van der Waals surface area contributed by atoms with Crippen LogP contribution in [0.4, 0.5) is 5.69 Å². The Hall–Kier alpha value is -2.86. The second-order valence-electron chi connectivity index (χ2n) is 7.44. The van der Waals surface area contributed by atoms with Gasteiger partial charge in [0.05, 0.1) is 10.6 Å². The predicted octanol–water partition coefficient (Wildman–Crippen LogP) is 3.50. The number of rotatable bonds is 6. The topological polar surface area (TPSA) is 101 Å². The lowest BCUT2D eigenvalue weighted by atomic mass is 9.87. The van der Waals surface area contributed by atoms with Gasteiger partial charge < -0.3 is 16.4 Å².